The molecule has 0 saturated carbocycles. The van der Waals surface area contributed by atoms with Gasteiger partial charge in [0.05, 0.1) is 6.29 Å². The van der Waals surface area contributed by atoms with Crippen LogP contribution < -0.4 is 18.9 Å². The van der Waals surface area contributed by atoms with Crippen LogP contribution in [-0.4, -0.2) is 21.0 Å². The third kappa shape index (κ3) is 8.34. The van der Waals surface area contributed by atoms with Crippen molar-refractivity contribution >= 4 is 14.1 Å². The minimum atomic E-state index is -4.64. The summed E-state index contributed by atoms with van der Waals surface area (Å²) >= 11 is 0. The van der Waals surface area contributed by atoms with Gasteiger partial charge in [-0.15, -0.1) is 22.8 Å². The van der Waals surface area contributed by atoms with Gasteiger partial charge in [-0.05, 0) is 6.92 Å². The maximum absolute atomic E-state index is 10.4. The molecular weight excluding hydrogens is 238 g/mol. The quantitative estimate of drug-likeness (QED) is 0.310. The van der Waals surface area contributed by atoms with Crippen LogP contribution in [0.2, 0.25) is 0 Å². The van der Waals surface area contributed by atoms with Crippen LogP contribution in [0.15, 0.2) is 12.1 Å². The predicted octanol–water partition coefficient (Wildman–Crippen LogP) is -1.85. The summed E-state index contributed by atoms with van der Waals surface area (Å²) in [6, 6.07) is 3.76. The maximum atomic E-state index is 10.4. The SMILES string of the molecule is Cc1ccc([C-]=O)c(C)c1C.O=P(O)(O)O.[Li+]. The third-order valence-electron chi connectivity index (χ3n) is 2.17. The van der Waals surface area contributed by atoms with Crippen molar-refractivity contribution in [3.8, 4) is 0 Å². The largest absolute Gasteiger partial charge is 1.00 e. The van der Waals surface area contributed by atoms with Crippen LogP contribution in [0.25, 0.3) is 0 Å². The van der Waals surface area contributed by atoms with Crippen LogP contribution in [0.5, 0.6) is 0 Å². The summed E-state index contributed by atoms with van der Waals surface area (Å²) < 4.78 is 8.88. The zero-order chi connectivity index (χ0) is 12.9. The summed E-state index contributed by atoms with van der Waals surface area (Å²) in [6.07, 6.45) is 1.91. The molecule has 1 rings (SSSR count). The van der Waals surface area contributed by atoms with Crippen molar-refractivity contribution in [3.63, 3.8) is 0 Å². The Morgan fingerprint density at radius 1 is 1.06 bits per heavy atom. The second kappa shape index (κ2) is 7.83. The summed E-state index contributed by atoms with van der Waals surface area (Å²) in [5.74, 6) is 0. The van der Waals surface area contributed by atoms with E-state index in [0.717, 1.165) is 5.56 Å². The molecule has 0 spiro atoms. The van der Waals surface area contributed by atoms with E-state index < -0.39 is 7.82 Å². The first kappa shape index (κ1) is 18.9. The van der Waals surface area contributed by atoms with Crippen molar-refractivity contribution in [1.29, 1.82) is 0 Å². The molecule has 0 bridgehead atoms. The zero-order valence-electron chi connectivity index (χ0n) is 10.3. The van der Waals surface area contributed by atoms with Crippen LogP contribution in [-0.2, 0) is 9.36 Å². The Balaban J connectivity index is 0. The smallest absolute Gasteiger partial charge is 0.376 e. The molecule has 1 aromatic carbocycles. The second-order valence-electron chi connectivity index (χ2n) is 3.30. The molecule has 0 atom stereocenters. The van der Waals surface area contributed by atoms with E-state index in [1.807, 2.05) is 39.2 Å². The van der Waals surface area contributed by atoms with E-state index in [1.54, 1.807) is 0 Å². The number of rotatable bonds is 1. The van der Waals surface area contributed by atoms with E-state index in [4.69, 9.17) is 19.2 Å². The third-order valence-corrected chi connectivity index (χ3v) is 2.17. The number of benzene rings is 1. The zero-order valence-corrected chi connectivity index (χ0v) is 11.2. The van der Waals surface area contributed by atoms with Crippen molar-refractivity contribution < 1.29 is 42.9 Å². The van der Waals surface area contributed by atoms with Crippen LogP contribution in [0, 0.1) is 20.8 Å². The molecule has 0 amide bonds. The summed E-state index contributed by atoms with van der Waals surface area (Å²) in [7, 11) is -4.64. The van der Waals surface area contributed by atoms with E-state index in [1.165, 1.54) is 11.1 Å². The molecule has 0 aromatic heterocycles. The summed E-state index contributed by atoms with van der Waals surface area (Å²) in [5, 5.41) is 0. The Bertz CT molecular complexity index is 419. The van der Waals surface area contributed by atoms with Crippen molar-refractivity contribution in [2.45, 2.75) is 20.8 Å². The summed E-state index contributed by atoms with van der Waals surface area (Å²) in [4.78, 5) is 31.9. The minimum absolute atomic E-state index is 0. The topological polar surface area (TPSA) is 94.8 Å². The standard InChI is InChI=1S/C10H11O.Li.H3O4P/c1-7-4-5-10(6-11)9(3)8(7)2;;1-5(2,3)4/h4-5H,1-3H3;;(H3,1,2,3,4)/q-1;+1;. The molecule has 0 saturated heterocycles. The van der Waals surface area contributed by atoms with Gasteiger partial charge < -0.3 is 19.5 Å². The molecule has 1 aromatic rings. The van der Waals surface area contributed by atoms with Gasteiger partial charge in [-0.2, -0.15) is 6.07 Å². The fourth-order valence-electron chi connectivity index (χ4n) is 1.07. The first-order valence-electron chi connectivity index (χ1n) is 4.40. The van der Waals surface area contributed by atoms with Gasteiger partial charge in [-0.3, -0.25) is 0 Å². The molecule has 17 heavy (non-hydrogen) atoms. The molecule has 0 unspecified atom stereocenters. The fraction of sp³-hybridized carbons (Fsp3) is 0.300. The molecule has 0 radical (unpaired) electrons. The van der Waals surface area contributed by atoms with Crippen molar-refractivity contribution in [3.05, 3.63) is 34.4 Å². The van der Waals surface area contributed by atoms with Gasteiger partial charge in [0, 0.05) is 0 Å². The van der Waals surface area contributed by atoms with E-state index in [2.05, 4.69) is 0 Å². The van der Waals surface area contributed by atoms with Crippen LogP contribution >= 0.6 is 7.82 Å². The van der Waals surface area contributed by atoms with E-state index in [-0.39, 0.29) is 18.9 Å². The fourth-order valence-corrected chi connectivity index (χ4v) is 1.07. The van der Waals surface area contributed by atoms with Gasteiger partial charge in [0.1, 0.15) is 0 Å². The van der Waals surface area contributed by atoms with Gasteiger partial charge >= 0.3 is 26.7 Å². The van der Waals surface area contributed by atoms with Gasteiger partial charge in [0.15, 0.2) is 0 Å². The van der Waals surface area contributed by atoms with Gasteiger partial charge in [-0.25, -0.2) is 4.57 Å². The van der Waals surface area contributed by atoms with Crippen molar-refractivity contribution in [2.75, 3.05) is 0 Å². The van der Waals surface area contributed by atoms with Crippen molar-refractivity contribution in [2.24, 2.45) is 0 Å². The summed E-state index contributed by atoms with van der Waals surface area (Å²) in [5.41, 5.74) is 4.13. The van der Waals surface area contributed by atoms with Gasteiger partial charge in [-0.1, -0.05) is 19.4 Å². The molecule has 0 aliphatic heterocycles. The Morgan fingerprint density at radius 2 is 1.47 bits per heavy atom. The average Bonchev–Trinajstić information content (AvgIpc) is 2.12. The van der Waals surface area contributed by atoms with Gasteiger partial charge in [0.25, 0.3) is 0 Å². The number of hydrogen-bond acceptors (Lipinski definition) is 2. The first-order chi connectivity index (χ1) is 7.16. The number of phosphoric acid groups is 1. The normalized spacial score (nSPS) is 9.76. The molecule has 0 heterocycles. The Morgan fingerprint density at radius 3 is 1.82 bits per heavy atom. The molecule has 0 aliphatic rings. The molecular formula is C10H14LiO5P. The number of hydrogen-bond donors (Lipinski definition) is 3. The van der Waals surface area contributed by atoms with Crippen molar-refractivity contribution in [1.82, 2.24) is 0 Å². The number of aryl methyl sites for hydroxylation is 1. The van der Waals surface area contributed by atoms with Crippen LogP contribution in [0.4, 0.5) is 0 Å². The Hall–Kier alpha value is -0.403. The molecule has 3 N–H and O–H groups in total. The monoisotopic (exact) mass is 252 g/mol. The molecule has 7 heteroatoms. The van der Waals surface area contributed by atoms with Crippen LogP contribution in [0.1, 0.15) is 22.3 Å². The Labute approximate surface area is 112 Å². The van der Waals surface area contributed by atoms with E-state index in [9.17, 15) is 4.79 Å². The van der Waals surface area contributed by atoms with Gasteiger partial charge in [0.2, 0.25) is 0 Å². The van der Waals surface area contributed by atoms with E-state index in [0.29, 0.717) is 5.56 Å². The van der Waals surface area contributed by atoms with E-state index >= 15 is 0 Å². The number of carbonyl (C=O) groups excluding carboxylic acids is 1. The average molecular weight is 252 g/mol. The summed E-state index contributed by atoms with van der Waals surface area (Å²) in [6.45, 7) is 6.00. The second-order valence-corrected chi connectivity index (χ2v) is 4.32. The molecule has 0 fully saturated rings. The maximum Gasteiger partial charge on any atom is 1.00 e. The molecule has 0 aliphatic carbocycles. The Kier molecular flexibility index (Phi) is 8.73. The molecule has 90 valence electrons. The van der Waals surface area contributed by atoms with Crippen LogP contribution in [0.3, 0.4) is 0 Å². The molecule has 5 nitrogen and oxygen atoms in total. The minimum Gasteiger partial charge on any atom is -0.376 e. The predicted molar refractivity (Wildman–Crippen MR) is 59.7 cm³/mol. The first-order valence-corrected chi connectivity index (χ1v) is 5.96.